The van der Waals surface area contributed by atoms with E-state index in [1.165, 1.54) is 0 Å². The summed E-state index contributed by atoms with van der Waals surface area (Å²) in [5, 5.41) is 7.11. The minimum absolute atomic E-state index is 0.139. The number of aryl methyl sites for hydroxylation is 3. The van der Waals surface area contributed by atoms with E-state index in [0.29, 0.717) is 13.0 Å². The molecule has 2 aromatic heterocycles. The predicted octanol–water partition coefficient (Wildman–Crippen LogP) is 1.01. The van der Waals surface area contributed by atoms with Gasteiger partial charge < -0.3 is 10.3 Å². The number of carbonyl (C=O) groups excluding carboxylic acids is 1. The largest absolute Gasteiger partial charge is 0.352 e. The SMILES string of the molecule is Cc1ccc(C(=O)NCCc2c(C)nn(C)c2C)c(=O)[nH]1. The fraction of sp³-hybridized carbons (Fsp3) is 0.400. The molecule has 2 aromatic rings. The molecule has 21 heavy (non-hydrogen) atoms. The summed E-state index contributed by atoms with van der Waals surface area (Å²) < 4.78 is 1.83. The molecular formula is C15H20N4O2. The van der Waals surface area contributed by atoms with Crippen LogP contribution in [0.3, 0.4) is 0 Å². The summed E-state index contributed by atoms with van der Waals surface area (Å²) in [4.78, 5) is 26.3. The average Bonchev–Trinajstić information content (AvgIpc) is 2.64. The lowest BCUT2D eigenvalue weighted by atomic mass is 10.1. The van der Waals surface area contributed by atoms with E-state index in [9.17, 15) is 9.59 Å². The van der Waals surface area contributed by atoms with Gasteiger partial charge in [-0.05, 0) is 44.9 Å². The van der Waals surface area contributed by atoms with E-state index < -0.39 is 0 Å². The van der Waals surface area contributed by atoms with Crippen molar-refractivity contribution in [1.82, 2.24) is 20.1 Å². The molecule has 0 atom stereocenters. The van der Waals surface area contributed by atoms with Crippen LogP contribution in [0.5, 0.6) is 0 Å². The van der Waals surface area contributed by atoms with Crippen molar-refractivity contribution >= 4 is 5.91 Å². The number of nitrogens with one attached hydrogen (secondary N) is 2. The van der Waals surface area contributed by atoms with Gasteiger partial charge in [0.15, 0.2) is 0 Å². The minimum atomic E-state index is -0.360. The molecule has 0 unspecified atom stereocenters. The molecule has 0 aliphatic carbocycles. The second kappa shape index (κ2) is 5.95. The molecular weight excluding hydrogens is 268 g/mol. The number of H-pyrrole nitrogens is 1. The third-order valence-corrected chi connectivity index (χ3v) is 3.62. The molecule has 0 aliphatic heterocycles. The van der Waals surface area contributed by atoms with Crippen molar-refractivity contribution < 1.29 is 4.79 Å². The van der Waals surface area contributed by atoms with Gasteiger partial charge in [0, 0.05) is 25.0 Å². The molecule has 2 rings (SSSR count). The van der Waals surface area contributed by atoms with Crippen LogP contribution >= 0.6 is 0 Å². The average molecular weight is 288 g/mol. The van der Waals surface area contributed by atoms with Crippen LogP contribution in [0, 0.1) is 20.8 Å². The Morgan fingerprint density at radius 1 is 1.33 bits per heavy atom. The van der Waals surface area contributed by atoms with Gasteiger partial charge in [-0.1, -0.05) is 0 Å². The molecule has 0 saturated heterocycles. The van der Waals surface area contributed by atoms with Gasteiger partial charge in [-0.25, -0.2) is 0 Å². The maximum Gasteiger partial charge on any atom is 0.260 e. The number of hydrogen-bond donors (Lipinski definition) is 2. The Kier molecular flexibility index (Phi) is 4.26. The van der Waals surface area contributed by atoms with Crippen molar-refractivity contribution in [3.8, 4) is 0 Å². The van der Waals surface area contributed by atoms with Gasteiger partial charge in [-0.2, -0.15) is 5.10 Å². The molecule has 2 N–H and O–H groups in total. The molecule has 6 nitrogen and oxygen atoms in total. The molecule has 0 spiro atoms. The van der Waals surface area contributed by atoms with E-state index in [1.807, 2.05) is 25.6 Å². The van der Waals surface area contributed by atoms with Crippen molar-refractivity contribution in [2.24, 2.45) is 7.05 Å². The Hall–Kier alpha value is -2.37. The molecule has 112 valence electrons. The van der Waals surface area contributed by atoms with Crippen molar-refractivity contribution in [3.05, 3.63) is 50.7 Å². The van der Waals surface area contributed by atoms with Crippen molar-refractivity contribution in [1.29, 1.82) is 0 Å². The fourth-order valence-corrected chi connectivity index (χ4v) is 2.33. The van der Waals surface area contributed by atoms with E-state index in [1.54, 1.807) is 19.1 Å². The molecule has 2 heterocycles. The predicted molar refractivity (Wildman–Crippen MR) is 80.5 cm³/mol. The number of rotatable bonds is 4. The number of aromatic nitrogens is 3. The number of hydrogen-bond acceptors (Lipinski definition) is 3. The van der Waals surface area contributed by atoms with Crippen molar-refractivity contribution in [2.45, 2.75) is 27.2 Å². The van der Waals surface area contributed by atoms with E-state index in [0.717, 1.165) is 22.6 Å². The molecule has 0 aliphatic rings. The Balaban J connectivity index is 2.00. The lowest BCUT2D eigenvalue weighted by molar-refractivity contribution is 0.0952. The highest BCUT2D eigenvalue weighted by molar-refractivity contribution is 5.93. The number of aromatic amines is 1. The number of carbonyl (C=O) groups is 1. The van der Waals surface area contributed by atoms with Gasteiger partial charge in [-0.3, -0.25) is 14.3 Å². The van der Waals surface area contributed by atoms with Crippen LogP contribution in [-0.2, 0) is 13.5 Å². The van der Waals surface area contributed by atoms with E-state index in [-0.39, 0.29) is 17.0 Å². The molecule has 0 saturated carbocycles. The van der Waals surface area contributed by atoms with E-state index in [2.05, 4.69) is 15.4 Å². The summed E-state index contributed by atoms with van der Waals surface area (Å²) in [5.74, 6) is -0.351. The lowest BCUT2D eigenvalue weighted by Crippen LogP contribution is -2.31. The first kappa shape index (κ1) is 15.0. The normalized spacial score (nSPS) is 10.7. The fourth-order valence-electron chi connectivity index (χ4n) is 2.33. The zero-order chi connectivity index (χ0) is 15.6. The first-order chi connectivity index (χ1) is 9.90. The van der Waals surface area contributed by atoms with Gasteiger partial charge in [0.05, 0.1) is 5.69 Å². The third-order valence-electron chi connectivity index (χ3n) is 3.62. The van der Waals surface area contributed by atoms with Crippen LogP contribution in [0.2, 0.25) is 0 Å². The summed E-state index contributed by atoms with van der Waals surface area (Å²) in [6.45, 7) is 6.20. The summed E-state index contributed by atoms with van der Waals surface area (Å²) in [6, 6.07) is 3.26. The quantitative estimate of drug-likeness (QED) is 0.881. The van der Waals surface area contributed by atoms with E-state index >= 15 is 0 Å². The van der Waals surface area contributed by atoms with Gasteiger partial charge in [-0.15, -0.1) is 0 Å². The zero-order valence-corrected chi connectivity index (χ0v) is 12.8. The second-order valence-electron chi connectivity index (χ2n) is 5.16. The third kappa shape index (κ3) is 3.21. The van der Waals surface area contributed by atoms with Crippen LogP contribution in [0.1, 0.15) is 33.0 Å². The molecule has 0 fully saturated rings. The number of amides is 1. The smallest absolute Gasteiger partial charge is 0.260 e. The molecule has 0 aromatic carbocycles. The summed E-state index contributed by atoms with van der Waals surface area (Å²) in [7, 11) is 1.90. The molecule has 6 heteroatoms. The number of pyridine rings is 1. The van der Waals surface area contributed by atoms with Gasteiger partial charge in [0.25, 0.3) is 11.5 Å². The summed E-state index contributed by atoms with van der Waals surface area (Å²) in [6.07, 6.45) is 0.695. The Bertz CT molecular complexity index is 728. The molecule has 0 bridgehead atoms. The van der Waals surface area contributed by atoms with Crippen molar-refractivity contribution in [3.63, 3.8) is 0 Å². The minimum Gasteiger partial charge on any atom is -0.352 e. The molecule has 1 amide bonds. The standard InChI is InChI=1S/C15H20N4O2/c1-9-5-6-13(15(21)17-9)14(20)16-8-7-12-10(2)18-19(4)11(12)3/h5-6H,7-8H2,1-4H3,(H,16,20)(H,17,21). The van der Waals surface area contributed by atoms with Gasteiger partial charge in [0.2, 0.25) is 0 Å². The van der Waals surface area contributed by atoms with Crippen LogP contribution in [0.4, 0.5) is 0 Å². The van der Waals surface area contributed by atoms with Crippen LogP contribution < -0.4 is 10.9 Å². The first-order valence-corrected chi connectivity index (χ1v) is 6.87. The summed E-state index contributed by atoms with van der Waals surface area (Å²) >= 11 is 0. The highest BCUT2D eigenvalue weighted by Gasteiger charge is 2.12. The molecule has 0 radical (unpaired) electrons. The number of nitrogens with zero attached hydrogens (tertiary/aromatic N) is 2. The lowest BCUT2D eigenvalue weighted by Gasteiger charge is -2.06. The Labute approximate surface area is 123 Å². The topological polar surface area (TPSA) is 79.8 Å². The highest BCUT2D eigenvalue weighted by Crippen LogP contribution is 2.11. The Morgan fingerprint density at radius 3 is 2.62 bits per heavy atom. The monoisotopic (exact) mass is 288 g/mol. The summed E-state index contributed by atoms with van der Waals surface area (Å²) in [5.41, 5.74) is 3.71. The van der Waals surface area contributed by atoms with Gasteiger partial charge in [0.1, 0.15) is 5.56 Å². The van der Waals surface area contributed by atoms with Crippen LogP contribution in [0.25, 0.3) is 0 Å². The zero-order valence-electron chi connectivity index (χ0n) is 12.8. The maximum absolute atomic E-state index is 12.0. The van der Waals surface area contributed by atoms with Crippen LogP contribution in [-0.4, -0.2) is 27.2 Å². The van der Waals surface area contributed by atoms with Crippen LogP contribution in [0.15, 0.2) is 16.9 Å². The highest BCUT2D eigenvalue weighted by atomic mass is 16.2. The maximum atomic E-state index is 12.0. The Morgan fingerprint density at radius 2 is 2.05 bits per heavy atom. The van der Waals surface area contributed by atoms with E-state index in [4.69, 9.17) is 0 Å². The first-order valence-electron chi connectivity index (χ1n) is 6.87. The second-order valence-corrected chi connectivity index (χ2v) is 5.16. The van der Waals surface area contributed by atoms with Gasteiger partial charge >= 0.3 is 0 Å². The van der Waals surface area contributed by atoms with Crippen molar-refractivity contribution in [2.75, 3.05) is 6.54 Å².